The van der Waals surface area contributed by atoms with Gasteiger partial charge in [-0.1, -0.05) is 12.1 Å². The molecule has 1 aliphatic rings. The molecule has 1 unspecified atom stereocenters. The van der Waals surface area contributed by atoms with Gasteiger partial charge in [0.15, 0.2) is 5.69 Å². The predicted octanol–water partition coefficient (Wildman–Crippen LogP) is 3.56. The summed E-state index contributed by atoms with van der Waals surface area (Å²) in [6, 6.07) is 13.7. The molecule has 1 heterocycles. The summed E-state index contributed by atoms with van der Waals surface area (Å²) in [6.45, 7) is 2.66. The van der Waals surface area contributed by atoms with Gasteiger partial charge in [-0.25, -0.2) is 4.79 Å². The van der Waals surface area contributed by atoms with E-state index in [0.29, 0.717) is 6.54 Å². The van der Waals surface area contributed by atoms with Crippen molar-refractivity contribution in [2.45, 2.75) is 13.5 Å². The topological polar surface area (TPSA) is 58.4 Å². The SMILES string of the molecule is CNCc1cc(N(C)C(=O)[N+]2(C)C(C)=Cc3ccccc32)ccc1N. The number of nitrogens with zero attached hydrogens (tertiary/aromatic N) is 2. The number of amides is 2. The van der Waals surface area contributed by atoms with Gasteiger partial charge in [-0.2, -0.15) is 4.48 Å². The van der Waals surface area contributed by atoms with Crippen LogP contribution in [0, 0.1) is 0 Å². The van der Waals surface area contributed by atoms with Gasteiger partial charge in [0.25, 0.3) is 0 Å². The highest BCUT2D eigenvalue weighted by Crippen LogP contribution is 2.40. The lowest BCUT2D eigenvalue weighted by molar-refractivity contribution is 0.227. The van der Waals surface area contributed by atoms with E-state index in [1.165, 1.54) is 0 Å². The van der Waals surface area contributed by atoms with E-state index in [0.717, 1.165) is 33.9 Å². The molecule has 2 amide bonds. The summed E-state index contributed by atoms with van der Waals surface area (Å²) in [4.78, 5) is 15.1. The van der Waals surface area contributed by atoms with Crippen LogP contribution in [0.1, 0.15) is 18.1 Å². The lowest BCUT2D eigenvalue weighted by Gasteiger charge is -2.32. The highest BCUT2D eigenvalue weighted by atomic mass is 16.2. The van der Waals surface area contributed by atoms with E-state index in [2.05, 4.69) is 11.4 Å². The fourth-order valence-corrected chi connectivity index (χ4v) is 3.37. The van der Waals surface area contributed by atoms with E-state index < -0.39 is 0 Å². The van der Waals surface area contributed by atoms with Crippen LogP contribution in [0.15, 0.2) is 48.2 Å². The number of fused-ring (bicyclic) bond motifs is 1. The third-order valence-electron chi connectivity index (χ3n) is 5.04. The van der Waals surface area contributed by atoms with Crippen molar-refractivity contribution in [1.82, 2.24) is 9.80 Å². The number of carbonyl (C=O) groups is 1. The largest absolute Gasteiger partial charge is 0.433 e. The average Bonchev–Trinajstić information content (AvgIpc) is 2.88. The average molecular weight is 337 g/mol. The van der Waals surface area contributed by atoms with E-state index in [9.17, 15) is 4.79 Å². The Balaban J connectivity index is 1.99. The maximum atomic E-state index is 13.4. The minimum absolute atomic E-state index is 0.00104. The molecule has 25 heavy (non-hydrogen) atoms. The minimum Gasteiger partial charge on any atom is -0.398 e. The number of para-hydroxylation sites is 1. The molecule has 0 radical (unpaired) electrons. The zero-order chi connectivity index (χ0) is 18.2. The van der Waals surface area contributed by atoms with Crippen LogP contribution in [0.2, 0.25) is 0 Å². The van der Waals surface area contributed by atoms with Crippen LogP contribution >= 0.6 is 0 Å². The highest BCUT2D eigenvalue weighted by molar-refractivity contribution is 6.04. The first-order valence-electron chi connectivity index (χ1n) is 8.36. The maximum absolute atomic E-state index is 13.4. The van der Waals surface area contributed by atoms with Gasteiger partial charge in [-0.05, 0) is 36.9 Å². The monoisotopic (exact) mass is 337 g/mol. The molecule has 5 heteroatoms. The van der Waals surface area contributed by atoms with Crippen molar-refractivity contribution in [3.8, 4) is 0 Å². The first-order valence-corrected chi connectivity index (χ1v) is 8.36. The van der Waals surface area contributed by atoms with Gasteiger partial charge in [0.1, 0.15) is 5.70 Å². The number of nitrogens with two attached hydrogens (primary N) is 1. The van der Waals surface area contributed by atoms with Crippen LogP contribution < -0.4 is 20.4 Å². The molecule has 0 spiro atoms. The summed E-state index contributed by atoms with van der Waals surface area (Å²) < 4.78 is 0.151. The van der Waals surface area contributed by atoms with Gasteiger partial charge in [0.05, 0.1) is 7.05 Å². The van der Waals surface area contributed by atoms with Crippen molar-refractivity contribution < 1.29 is 4.79 Å². The lowest BCUT2D eigenvalue weighted by Crippen LogP contribution is -2.54. The number of urea groups is 1. The third kappa shape index (κ3) is 2.71. The number of rotatable bonds is 3. The molecule has 0 saturated heterocycles. The van der Waals surface area contributed by atoms with Gasteiger partial charge in [0.2, 0.25) is 0 Å². The zero-order valence-corrected chi connectivity index (χ0v) is 15.2. The molecule has 1 atom stereocenters. The third-order valence-corrected chi connectivity index (χ3v) is 5.04. The molecule has 1 aliphatic heterocycles. The van der Waals surface area contributed by atoms with Gasteiger partial charge in [-0.15, -0.1) is 0 Å². The molecule has 3 rings (SSSR count). The summed E-state index contributed by atoms with van der Waals surface area (Å²) in [5, 5.41) is 3.11. The molecule has 3 N–H and O–H groups in total. The van der Waals surface area contributed by atoms with E-state index in [1.54, 1.807) is 4.90 Å². The molecule has 0 fully saturated rings. The van der Waals surface area contributed by atoms with Crippen molar-refractivity contribution >= 4 is 29.2 Å². The Hall–Kier alpha value is -2.63. The molecule has 2 aromatic rings. The Morgan fingerprint density at radius 2 is 1.96 bits per heavy atom. The number of benzene rings is 2. The summed E-state index contributed by atoms with van der Waals surface area (Å²) >= 11 is 0. The maximum Gasteiger partial charge on any atom is 0.433 e. The quantitative estimate of drug-likeness (QED) is 0.665. The Morgan fingerprint density at radius 1 is 1.24 bits per heavy atom. The van der Waals surface area contributed by atoms with E-state index >= 15 is 0 Å². The summed E-state index contributed by atoms with van der Waals surface area (Å²) in [7, 11) is 5.64. The Morgan fingerprint density at radius 3 is 2.68 bits per heavy atom. The smallest absolute Gasteiger partial charge is 0.398 e. The normalized spacial score (nSPS) is 18.6. The molecule has 0 aliphatic carbocycles. The summed E-state index contributed by atoms with van der Waals surface area (Å²) in [5.74, 6) is 0. The Labute approximate surface area is 148 Å². The lowest BCUT2D eigenvalue weighted by atomic mass is 10.1. The summed E-state index contributed by atoms with van der Waals surface area (Å²) in [6.07, 6.45) is 2.08. The van der Waals surface area contributed by atoms with Crippen molar-refractivity contribution in [3.63, 3.8) is 0 Å². The number of carbonyl (C=O) groups excluding carboxylic acids is 1. The standard InChI is InChI=1S/C20H25N4O/c1-14-11-15-7-5-6-8-19(15)24(14,4)20(25)23(3)17-9-10-18(21)16(12-17)13-22-2/h5-12,22H,13,21H2,1-4H3/q+1. The second-order valence-electron chi connectivity index (χ2n) is 6.61. The van der Waals surface area contributed by atoms with Gasteiger partial charge in [0, 0.05) is 49.6 Å². The molecule has 0 bridgehead atoms. The van der Waals surface area contributed by atoms with Crippen molar-refractivity contribution in [3.05, 3.63) is 59.3 Å². The highest BCUT2D eigenvalue weighted by Gasteiger charge is 2.44. The second kappa shape index (κ2) is 6.35. The van der Waals surface area contributed by atoms with E-state index in [4.69, 9.17) is 5.73 Å². The van der Waals surface area contributed by atoms with Crippen molar-refractivity contribution in [1.29, 1.82) is 0 Å². The molecule has 0 aromatic heterocycles. The molecular weight excluding hydrogens is 312 g/mol. The molecule has 5 nitrogen and oxygen atoms in total. The first kappa shape index (κ1) is 17.2. The van der Waals surface area contributed by atoms with E-state index in [1.807, 2.05) is 70.5 Å². The van der Waals surface area contributed by atoms with Crippen LogP contribution in [0.3, 0.4) is 0 Å². The van der Waals surface area contributed by atoms with Crippen LogP contribution in [-0.4, -0.2) is 27.2 Å². The van der Waals surface area contributed by atoms with Gasteiger partial charge in [-0.3, -0.25) is 4.90 Å². The zero-order valence-electron chi connectivity index (χ0n) is 15.2. The molecule has 0 saturated carbocycles. The number of nitrogens with one attached hydrogen (secondary N) is 1. The van der Waals surface area contributed by atoms with Gasteiger partial charge < -0.3 is 11.1 Å². The van der Waals surface area contributed by atoms with Crippen molar-refractivity contribution in [2.75, 3.05) is 31.8 Å². The number of allylic oxidation sites excluding steroid dienone is 1. The minimum atomic E-state index is -0.00104. The number of hydrogen-bond acceptors (Lipinski definition) is 3. The van der Waals surface area contributed by atoms with Crippen LogP contribution in [0.4, 0.5) is 21.9 Å². The van der Waals surface area contributed by atoms with Crippen LogP contribution in [0.25, 0.3) is 6.08 Å². The van der Waals surface area contributed by atoms with Crippen molar-refractivity contribution in [2.24, 2.45) is 0 Å². The number of quaternary nitrogens is 1. The fraction of sp³-hybridized carbons (Fsp3) is 0.250. The van der Waals surface area contributed by atoms with E-state index in [-0.39, 0.29) is 10.5 Å². The number of anilines is 2. The van der Waals surface area contributed by atoms with Gasteiger partial charge >= 0.3 is 6.03 Å². The summed E-state index contributed by atoms with van der Waals surface area (Å²) in [5.41, 5.74) is 11.7. The number of nitrogen functional groups attached to an aromatic ring is 1. The van der Waals surface area contributed by atoms with Crippen LogP contribution in [0.5, 0.6) is 0 Å². The molecular formula is C20H25N4O+. The molecule has 130 valence electrons. The number of hydrogen-bond donors (Lipinski definition) is 2. The Kier molecular flexibility index (Phi) is 4.37. The first-order chi connectivity index (χ1) is 11.9. The second-order valence-corrected chi connectivity index (χ2v) is 6.61. The van der Waals surface area contributed by atoms with Crippen LogP contribution in [-0.2, 0) is 6.54 Å². The fourth-order valence-electron chi connectivity index (χ4n) is 3.37. The predicted molar refractivity (Wildman–Crippen MR) is 105 cm³/mol. The Bertz CT molecular complexity index is 859. The molecule has 2 aromatic carbocycles.